The summed E-state index contributed by atoms with van der Waals surface area (Å²) in [5.74, 6) is -0.731. The number of nitrogens with zero attached hydrogens (tertiary/aromatic N) is 3. The number of nitriles is 1. The zero-order valence-electron chi connectivity index (χ0n) is 20.0. The first kappa shape index (κ1) is 26.0. The van der Waals surface area contributed by atoms with Crippen LogP contribution in [0.25, 0.3) is 0 Å². The number of ether oxygens (including phenoxy) is 2. The van der Waals surface area contributed by atoms with Crippen LogP contribution in [0.15, 0.2) is 41.0 Å². The van der Waals surface area contributed by atoms with Gasteiger partial charge in [-0.15, -0.1) is 0 Å². The third-order valence-electron chi connectivity index (χ3n) is 5.48. The van der Waals surface area contributed by atoms with Crippen molar-refractivity contribution in [2.45, 2.75) is 20.4 Å². The minimum Gasteiger partial charge on any atom is -0.467 e. The molecule has 0 aliphatic heterocycles. The number of hydrogen-bond acceptors (Lipinski definition) is 9. The van der Waals surface area contributed by atoms with Gasteiger partial charge in [0.15, 0.2) is 6.61 Å². The van der Waals surface area contributed by atoms with Gasteiger partial charge in [-0.3, -0.25) is 14.9 Å². The minimum atomic E-state index is -0.924. The summed E-state index contributed by atoms with van der Waals surface area (Å²) < 4.78 is 17.2. The summed E-state index contributed by atoms with van der Waals surface area (Å²) in [6.07, 6.45) is 1.52. The Labute approximate surface area is 206 Å². The number of aromatic nitrogens is 1. The van der Waals surface area contributed by atoms with Gasteiger partial charge in [0.2, 0.25) is 0 Å². The molecule has 0 radical (unpaired) electrons. The number of nitrogens with one attached hydrogen (secondary N) is 2. The number of carbonyl (C=O) groups is 2. The van der Waals surface area contributed by atoms with Crippen LogP contribution in [0.3, 0.4) is 0 Å². The van der Waals surface area contributed by atoms with E-state index in [9.17, 15) is 25.0 Å². The summed E-state index contributed by atoms with van der Waals surface area (Å²) in [6.45, 7) is 3.87. The molecule has 2 aromatic heterocycles. The quantitative estimate of drug-likeness (QED) is 0.176. The molecule has 0 atom stereocenters. The lowest BCUT2D eigenvalue weighted by molar-refractivity contribution is -0.384. The molecule has 0 aliphatic rings. The number of hydrogen-bond donors (Lipinski definition) is 2. The molecule has 3 aromatic rings. The molecular weight excluding hydrogens is 470 g/mol. The molecule has 2 heterocycles. The number of anilines is 2. The lowest BCUT2D eigenvalue weighted by Crippen LogP contribution is -2.23. The van der Waals surface area contributed by atoms with Gasteiger partial charge >= 0.3 is 5.97 Å². The highest BCUT2D eigenvalue weighted by molar-refractivity contribution is 5.99. The summed E-state index contributed by atoms with van der Waals surface area (Å²) in [5.41, 5.74) is 1.64. The largest absolute Gasteiger partial charge is 0.467 e. The van der Waals surface area contributed by atoms with Crippen LogP contribution < -0.4 is 10.6 Å². The van der Waals surface area contributed by atoms with Crippen LogP contribution in [-0.2, 0) is 20.8 Å². The molecule has 12 nitrogen and oxygen atoms in total. The summed E-state index contributed by atoms with van der Waals surface area (Å²) in [5, 5.41) is 26.4. The maximum atomic E-state index is 12.7. The van der Waals surface area contributed by atoms with E-state index >= 15 is 0 Å². The van der Waals surface area contributed by atoms with E-state index in [-0.39, 0.29) is 29.2 Å². The Morgan fingerprint density at radius 3 is 2.69 bits per heavy atom. The molecule has 3 rings (SSSR count). The third-order valence-corrected chi connectivity index (χ3v) is 5.48. The minimum absolute atomic E-state index is 0.0984. The first-order valence-corrected chi connectivity index (χ1v) is 10.9. The Morgan fingerprint density at radius 2 is 2.06 bits per heavy atom. The summed E-state index contributed by atoms with van der Waals surface area (Å²) in [4.78, 5) is 35.9. The van der Waals surface area contributed by atoms with Gasteiger partial charge in [-0.2, -0.15) is 5.26 Å². The fourth-order valence-electron chi connectivity index (χ4n) is 3.52. The van der Waals surface area contributed by atoms with Crippen molar-refractivity contribution in [3.63, 3.8) is 0 Å². The molecule has 2 N–H and O–H groups in total. The van der Waals surface area contributed by atoms with Crippen molar-refractivity contribution in [1.82, 2.24) is 4.57 Å². The molecule has 1 amide bonds. The molecule has 0 spiro atoms. The van der Waals surface area contributed by atoms with Gasteiger partial charge in [0.1, 0.15) is 17.6 Å². The maximum absolute atomic E-state index is 12.7. The first-order valence-electron chi connectivity index (χ1n) is 10.9. The van der Waals surface area contributed by atoms with Crippen molar-refractivity contribution in [2.24, 2.45) is 0 Å². The van der Waals surface area contributed by atoms with Crippen molar-refractivity contribution >= 4 is 29.1 Å². The second kappa shape index (κ2) is 11.7. The highest BCUT2D eigenvalue weighted by Gasteiger charge is 2.22. The molecule has 0 fully saturated rings. The standard InChI is InChI=1S/C24H25N5O7/c1-15-16(2)28(13-18-5-4-9-35-18)23(20(15)12-25)27-22(30)14-36-24(31)19-11-17(29(32)33)6-7-21(19)26-8-10-34-3/h4-7,9,11,26H,8,10,13-14H2,1-3H3,(H,27,30). The number of esters is 1. The fourth-order valence-corrected chi connectivity index (χ4v) is 3.52. The third kappa shape index (κ3) is 5.89. The second-order valence-electron chi connectivity index (χ2n) is 7.74. The summed E-state index contributed by atoms with van der Waals surface area (Å²) in [6, 6.07) is 9.30. The zero-order chi connectivity index (χ0) is 26.2. The molecule has 0 unspecified atom stereocenters. The maximum Gasteiger partial charge on any atom is 0.341 e. The average molecular weight is 495 g/mol. The molecule has 188 valence electrons. The molecule has 0 aliphatic carbocycles. The topological polar surface area (TPSA) is 162 Å². The summed E-state index contributed by atoms with van der Waals surface area (Å²) >= 11 is 0. The van der Waals surface area contributed by atoms with Gasteiger partial charge in [-0.25, -0.2) is 4.79 Å². The fraction of sp³-hybridized carbons (Fsp3) is 0.292. The Hall–Kier alpha value is -4.63. The number of amides is 1. The highest BCUT2D eigenvalue weighted by Crippen LogP contribution is 2.28. The second-order valence-corrected chi connectivity index (χ2v) is 7.74. The van der Waals surface area contributed by atoms with Gasteiger partial charge in [0.25, 0.3) is 11.6 Å². The Balaban J connectivity index is 1.76. The predicted molar refractivity (Wildman–Crippen MR) is 129 cm³/mol. The van der Waals surface area contributed by atoms with Crippen molar-refractivity contribution in [3.05, 3.63) is 74.9 Å². The number of non-ortho nitro benzene ring substituents is 1. The Morgan fingerprint density at radius 1 is 1.28 bits per heavy atom. The van der Waals surface area contributed by atoms with Crippen LogP contribution in [0.5, 0.6) is 0 Å². The van der Waals surface area contributed by atoms with Gasteiger partial charge in [-0.1, -0.05) is 0 Å². The highest BCUT2D eigenvalue weighted by atomic mass is 16.6. The summed E-state index contributed by atoms with van der Waals surface area (Å²) in [7, 11) is 1.51. The van der Waals surface area contributed by atoms with Crippen LogP contribution in [0, 0.1) is 35.3 Å². The molecule has 1 aromatic carbocycles. The van der Waals surface area contributed by atoms with Crippen molar-refractivity contribution < 1.29 is 28.4 Å². The van der Waals surface area contributed by atoms with Crippen LogP contribution >= 0.6 is 0 Å². The molecule has 0 saturated heterocycles. The van der Waals surface area contributed by atoms with Gasteiger partial charge < -0.3 is 29.1 Å². The lowest BCUT2D eigenvalue weighted by atomic mass is 10.1. The number of nitro groups is 1. The number of carbonyl (C=O) groups excluding carboxylic acids is 2. The van der Waals surface area contributed by atoms with Crippen LogP contribution in [-0.4, -0.2) is 48.2 Å². The Kier molecular flexibility index (Phi) is 8.43. The van der Waals surface area contributed by atoms with Gasteiger partial charge in [0, 0.05) is 37.2 Å². The van der Waals surface area contributed by atoms with E-state index in [1.165, 1.54) is 25.5 Å². The van der Waals surface area contributed by atoms with E-state index in [0.717, 1.165) is 11.8 Å². The van der Waals surface area contributed by atoms with Crippen molar-refractivity contribution in [2.75, 3.05) is 37.5 Å². The SMILES string of the molecule is COCCNc1ccc([N+](=O)[O-])cc1C(=O)OCC(=O)Nc1c(C#N)c(C)c(C)n1Cc1ccco1. The molecule has 36 heavy (non-hydrogen) atoms. The van der Waals surface area contributed by atoms with Gasteiger partial charge in [-0.05, 0) is 37.6 Å². The molecule has 0 bridgehead atoms. The number of rotatable bonds is 11. The first-order chi connectivity index (χ1) is 17.3. The lowest BCUT2D eigenvalue weighted by Gasteiger charge is -2.13. The van der Waals surface area contributed by atoms with Crippen molar-refractivity contribution in [1.29, 1.82) is 5.26 Å². The number of nitro benzene ring substituents is 1. The number of benzene rings is 1. The number of methoxy groups -OCH3 is 1. The zero-order valence-corrected chi connectivity index (χ0v) is 20.0. The van der Waals surface area contributed by atoms with E-state index < -0.39 is 23.4 Å². The smallest absolute Gasteiger partial charge is 0.341 e. The van der Waals surface area contributed by atoms with Crippen LogP contribution in [0.2, 0.25) is 0 Å². The van der Waals surface area contributed by atoms with Crippen LogP contribution in [0.4, 0.5) is 17.2 Å². The monoisotopic (exact) mass is 495 g/mol. The molecule has 0 saturated carbocycles. The number of furan rings is 1. The van der Waals surface area contributed by atoms with Crippen LogP contribution in [0.1, 0.15) is 32.9 Å². The van der Waals surface area contributed by atoms with Gasteiger partial charge in [0.05, 0.1) is 35.5 Å². The predicted octanol–water partition coefficient (Wildman–Crippen LogP) is 3.38. The van der Waals surface area contributed by atoms with E-state index in [4.69, 9.17) is 13.9 Å². The molecule has 12 heteroatoms. The van der Waals surface area contributed by atoms with E-state index in [1.807, 2.05) is 6.92 Å². The van der Waals surface area contributed by atoms with E-state index in [1.54, 1.807) is 23.6 Å². The van der Waals surface area contributed by atoms with E-state index in [0.29, 0.717) is 30.2 Å². The van der Waals surface area contributed by atoms with E-state index in [2.05, 4.69) is 16.7 Å². The van der Waals surface area contributed by atoms with Crippen molar-refractivity contribution in [3.8, 4) is 6.07 Å². The average Bonchev–Trinajstić information content (AvgIpc) is 3.45. The Bertz CT molecular complexity index is 1310. The molecular formula is C24H25N5O7. The normalized spacial score (nSPS) is 10.5.